The number of ketones is 1. The number of Topliss-reactive ketones (excluding diaryl/α,β-unsaturated/α-hetero) is 1. The van der Waals surface area contributed by atoms with Crippen molar-refractivity contribution in [1.82, 2.24) is 4.57 Å². The molecule has 3 heterocycles. The zero-order valence-electron chi connectivity index (χ0n) is 18.3. The van der Waals surface area contributed by atoms with Gasteiger partial charge in [-0.05, 0) is 68.3 Å². The summed E-state index contributed by atoms with van der Waals surface area (Å²) in [5.41, 5.74) is 1.44. The molecule has 2 aromatic heterocycles. The number of alkyl halides is 3. The number of benzene rings is 1. The molecule has 0 saturated carbocycles. The highest BCUT2D eigenvalue weighted by Gasteiger charge is 2.42. The predicted octanol–water partition coefficient (Wildman–Crippen LogP) is 6.88. The summed E-state index contributed by atoms with van der Waals surface area (Å²) in [5, 5.41) is 10.4. The fraction of sp³-hybridized carbons (Fsp3) is 0.231. The minimum Gasteiger partial charge on any atom is -0.309 e. The van der Waals surface area contributed by atoms with E-state index in [1.54, 1.807) is 33.2 Å². The van der Waals surface area contributed by atoms with Gasteiger partial charge in [0.2, 0.25) is 0 Å². The van der Waals surface area contributed by atoms with Gasteiger partial charge in [-0.2, -0.15) is 18.4 Å². The number of nitrogens with zero attached hydrogens (tertiary/aromatic N) is 3. The number of allylic oxidation sites excluding steroid dienone is 3. The minimum absolute atomic E-state index is 0.0199. The van der Waals surface area contributed by atoms with Crippen LogP contribution < -0.4 is 4.90 Å². The number of hydrogen-bond acceptors (Lipinski definition) is 4. The van der Waals surface area contributed by atoms with Crippen LogP contribution in [0, 0.1) is 18.3 Å². The van der Waals surface area contributed by atoms with Gasteiger partial charge in [0.25, 0.3) is 0 Å². The molecule has 0 saturated heterocycles. The summed E-state index contributed by atoms with van der Waals surface area (Å²) in [5.74, 6) is 0.0138. The van der Waals surface area contributed by atoms with E-state index in [-0.39, 0.29) is 5.78 Å². The molecule has 34 heavy (non-hydrogen) atoms. The van der Waals surface area contributed by atoms with Gasteiger partial charge in [0.05, 0.1) is 23.1 Å². The maximum absolute atomic E-state index is 13.3. The van der Waals surface area contributed by atoms with Gasteiger partial charge in [0.15, 0.2) is 5.78 Å². The Kier molecular flexibility index (Phi) is 5.45. The molecule has 2 aliphatic rings. The van der Waals surface area contributed by atoms with Crippen LogP contribution in [0.1, 0.15) is 40.5 Å². The van der Waals surface area contributed by atoms with Gasteiger partial charge in [-0.3, -0.25) is 9.69 Å². The summed E-state index contributed by atoms with van der Waals surface area (Å²) in [6.07, 6.45) is 0.772. The normalized spacial score (nSPS) is 18.9. The fourth-order valence-corrected chi connectivity index (χ4v) is 5.74. The number of hydrogen-bond donors (Lipinski definition) is 0. The monoisotopic (exact) mass is 479 g/mol. The highest BCUT2D eigenvalue weighted by atomic mass is 32.1. The summed E-state index contributed by atoms with van der Waals surface area (Å²) in [6.45, 7) is 1.98. The third-order valence-electron chi connectivity index (χ3n) is 6.20. The SMILES string of the molecule is Cc1ccc([C@@H]2C(C#N)=C(n3cccc3)N(c3ccc(C(F)(F)F)cc3)C3=C2C(=O)CCC3)s1. The second-order valence-corrected chi connectivity index (χ2v) is 9.66. The molecule has 1 aliphatic carbocycles. The molecule has 0 fully saturated rings. The first-order valence-electron chi connectivity index (χ1n) is 10.9. The summed E-state index contributed by atoms with van der Waals surface area (Å²) in [7, 11) is 0. The van der Waals surface area contributed by atoms with E-state index >= 15 is 0 Å². The number of halogens is 3. The van der Waals surface area contributed by atoms with E-state index < -0.39 is 17.7 Å². The second kappa shape index (κ2) is 8.33. The van der Waals surface area contributed by atoms with Crippen molar-refractivity contribution in [1.29, 1.82) is 5.26 Å². The highest BCUT2D eigenvalue weighted by molar-refractivity contribution is 7.12. The molecule has 0 bridgehead atoms. The topological polar surface area (TPSA) is 49.0 Å². The first-order valence-corrected chi connectivity index (χ1v) is 11.7. The summed E-state index contributed by atoms with van der Waals surface area (Å²) < 4.78 is 41.4. The van der Waals surface area contributed by atoms with Gasteiger partial charge in [0.1, 0.15) is 5.82 Å². The van der Waals surface area contributed by atoms with Crippen molar-refractivity contribution in [3.05, 3.63) is 93.1 Å². The van der Waals surface area contributed by atoms with Gasteiger partial charge < -0.3 is 4.57 Å². The number of anilines is 1. The molecule has 8 heteroatoms. The first kappa shape index (κ1) is 22.2. The number of rotatable bonds is 3. The Balaban J connectivity index is 1.79. The Morgan fingerprint density at radius 3 is 2.35 bits per heavy atom. The van der Waals surface area contributed by atoms with Crippen molar-refractivity contribution in [3.63, 3.8) is 0 Å². The Morgan fingerprint density at radius 1 is 1.06 bits per heavy atom. The van der Waals surface area contributed by atoms with Crippen LogP contribution in [0.3, 0.4) is 0 Å². The van der Waals surface area contributed by atoms with E-state index in [9.17, 15) is 23.2 Å². The zero-order valence-corrected chi connectivity index (χ0v) is 19.1. The smallest absolute Gasteiger partial charge is 0.309 e. The van der Waals surface area contributed by atoms with Gasteiger partial charge in [-0.25, -0.2) is 0 Å². The molecular weight excluding hydrogens is 459 g/mol. The second-order valence-electron chi connectivity index (χ2n) is 8.34. The zero-order chi connectivity index (χ0) is 24.0. The largest absolute Gasteiger partial charge is 0.416 e. The number of nitriles is 1. The predicted molar refractivity (Wildman–Crippen MR) is 125 cm³/mol. The van der Waals surface area contributed by atoms with E-state index in [4.69, 9.17) is 0 Å². The van der Waals surface area contributed by atoms with Gasteiger partial charge in [-0.1, -0.05) is 0 Å². The third-order valence-corrected chi connectivity index (χ3v) is 7.26. The lowest BCUT2D eigenvalue weighted by molar-refractivity contribution is -0.137. The third kappa shape index (κ3) is 3.66. The molecule has 3 aromatic rings. The van der Waals surface area contributed by atoms with Crippen LogP contribution in [0.2, 0.25) is 0 Å². The van der Waals surface area contributed by atoms with Gasteiger partial charge in [0, 0.05) is 45.5 Å². The van der Waals surface area contributed by atoms with Crippen molar-refractivity contribution >= 4 is 28.6 Å². The van der Waals surface area contributed by atoms with E-state index in [1.165, 1.54) is 12.1 Å². The molecular formula is C26H20F3N3OS. The van der Waals surface area contributed by atoms with Gasteiger partial charge in [-0.15, -0.1) is 11.3 Å². The van der Waals surface area contributed by atoms with E-state index in [2.05, 4.69) is 6.07 Å². The van der Waals surface area contributed by atoms with Crippen LogP contribution in [-0.2, 0) is 11.0 Å². The van der Waals surface area contributed by atoms with Crippen LogP contribution in [-0.4, -0.2) is 10.4 Å². The number of aryl methyl sites for hydroxylation is 1. The van der Waals surface area contributed by atoms with E-state index in [0.29, 0.717) is 41.9 Å². The van der Waals surface area contributed by atoms with Crippen molar-refractivity contribution < 1.29 is 18.0 Å². The lowest BCUT2D eigenvalue weighted by atomic mass is 9.78. The van der Waals surface area contributed by atoms with Crippen molar-refractivity contribution in [2.45, 2.75) is 38.3 Å². The van der Waals surface area contributed by atoms with Crippen LogP contribution >= 0.6 is 11.3 Å². The van der Waals surface area contributed by atoms with Crippen LogP contribution in [0.5, 0.6) is 0 Å². The number of aromatic nitrogens is 1. The van der Waals surface area contributed by atoms with Crippen LogP contribution in [0.25, 0.3) is 5.82 Å². The fourth-order valence-electron chi connectivity index (χ4n) is 4.74. The molecule has 0 N–H and O–H groups in total. The molecule has 172 valence electrons. The summed E-state index contributed by atoms with van der Waals surface area (Å²) >= 11 is 1.55. The lowest BCUT2D eigenvalue weighted by Crippen LogP contribution is -2.36. The van der Waals surface area contributed by atoms with Crippen LogP contribution in [0.4, 0.5) is 18.9 Å². The summed E-state index contributed by atoms with van der Waals surface area (Å²) in [4.78, 5) is 17.0. The van der Waals surface area contributed by atoms with E-state index in [1.807, 2.05) is 31.2 Å². The molecule has 0 amide bonds. The number of thiophene rings is 1. The molecule has 4 nitrogen and oxygen atoms in total. The van der Waals surface area contributed by atoms with Crippen LogP contribution in [0.15, 0.2) is 77.8 Å². The molecule has 0 radical (unpaired) electrons. The standard InChI is InChI=1S/C26H20F3N3OS/c1-16-7-12-22(34-16)23-19(15-30)25(31-13-2-3-14-31)32(20-5-4-6-21(33)24(20)23)18-10-8-17(9-11-18)26(27,28)29/h2-3,7-14,23H,4-6H2,1H3/t23-/m0/s1. The summed E-state index contributed by atoms with van der Waals surface area (Å²) in [6, 6.07) is 14.8. The van der Waals surface area contributed by atoms with Crippen molar-refractivity contribution in [3.8, 4) is 6.07 Å². The first-order chi connectivity index (χ1) is 16.3. The Morgan fingerprint density at radius 2 is 1.76 bits per heavy atom. The molecule has 1 atom stereocenters. The quantitative estimate of drug-likeness (QED) is 0.411. The molecule has 1 aliphatic heterocycles. The maximum atomic E-state index is 13.3. The van der Waals surface area contributed by atoms with Gasteiger partial charge >= 0.3 is 6.18 Å². The van der Waals surface area contributed by atoms with Crippen molar-refractivity contribution in [2.75, 3.05) is 4.90 Å². The molecule has 5 rings (SSSR count). The highest BCUT2D eigenvalue weighted by Crippen LogP contribution is 2.50. The molecule has 0 unspecified atom stereocenters. The molecule has 0 spiro atoms. The molecule has 1 aromatic carbocycles. The Labute approximate surface area is 198 Å². The Bertz CT molecular complexity index is 1360. The maximum Gasteiger partial charge on any atom is 0.416 e. The number of carbonyl (C=O) groups is 1. The van der Waals surface area contributed by atoms with E-state index in [0.717, 1.165) is 27.6 Å². The average Bonchev–Trinajstić information content (AvgIpc) is 3.49. The van der Waals surface area contributed by atoms with Crippen molar-refractivity contribution in [2.24, 2.45) is 0 Å². The number of carbonyl (C=O) groups excluding carboxylic acids is 1. The Hall–Kier alpha value is -3.57. The average molecular weight is 480 g/mol. The minimum atomic E-state index is -4.45. The lowest BCUT2D eigenvalue weighted by Gasteiger charge is -2.41.